The third kappa shape index (κ3) is 3.58. The highest BCUT2D eigenvalue weighted by Gasteiger charge is 2.23. The summed E-state index contributed by atoms with van der Waals surface area (Å²) >= 11 is 0. The van der Waals surface area contributed by atoms with E-state index in [-0.39, 0.29) is 11.8 Å². The molecule has 0 aliphatic carbocycles. The molecule has 1 fully saturated rings. The smallest absolute Gasteiger partial charge is 0.227 e. The van der Waals surface area contributed by atoms with Gasteiger partial charge in [0.15, 0.2) is 0 Å². The predicted octanol–water partition coefficient (Wildman–Crippen LogP) is 4.11. The van der Waals surface area contributed by atoms with Crippen LogP contribution in [0.1, 0.15) is 24.8 Å². The van der Waals surface area contributed by atoms with Crippen LogP contribution in [0.15, 0.2) is 54.7 Å². The Labute approximate surface area is 158 Å². The molecule has 5 heteroatoms. The summed E-state index contributed by atoms with van der Waals surface area (Å²) in [6.07, 6.45) is 3.95. The number of hydrogen-bond acceptors (Lipinski definition) is 2. The first-order valence-electron chi connectivity index (χ1n) is 9.36. The summed E-state index contributed by atoms with van der Waals surface area (Å²) in [5, 5.41) is 4.15. The molecule has 138 valence electrons. The zero-order valence-electron chi connectivity index (χ0n) is 15.4. The number of aryl methyl sites for hydroxylation is 2. The maximum absolute atomic E-state index is 12.4. The summed E-state index contributed by atoms with van der Waals surface area (Å²) in [4.78, 5) is 26.1. The summed E-state index contributed by atoms with van der Waals surface area (Å²) < 4.78 is 2.10. The number of carbonyl (C=O) groups excluding carboxylic acids is 2. The molecule has 1 aromatic heterocycles. The Morgan fingerprint density at radius 1 is 1.15 bits per heavy atom. The number of nitrogens with one attached hydrogen (secondary N) is 1. The van der Waals surface area contributed by atoms with E-state index in [2.05, 4.69) is 28.1 Å². The van der Waals surface area contributed by atoms with E-state index in [1.54, 1.807) is 0 Å². The molecule has 0 bridgehead atoms. The molecule has 1 aliphatic rings. The van der Waals surface area contributed by atoms with Crippen LogP contribution in [0.3, 0.4) is 0 Å². The minimum atomic E-state index is -0.0165. The van der Waals surface area contributed by atoms with E-state index in [1.165, 1.54) is 5.39 Å². The maximum Gasteiger partial charge on any atom is 0.227 e. The van der Waals surface area contributed by atoms with Gasteiger partial charge in [-0.1, -0.05) is 18.2 Å². The third-order valence-electron chi connectivity index (χ3n) is 5.10. The molecule has 2 amide bonds. The van der Waals surface area contributed by atoms with Crippen LogP contribution in [0.5, 0.6) is 0 Å². The first kappa shape index (κ1) is 17.3. The average Bonchev–Trinajstić information content (AvgIpc) is 3.26. The van der Waals surface area contributed by atoms with Gasteiger partial charge >= 0.3 is 0 Å². The SMILES string of the molecule is Cc1cc(NC(=O)CCn2ccc3ccccc32)ccc1N1CCCC1=O. The van der Waals surface area contributed by atoms with E-state index in [9.17, 15) is 9.59 Å². The topological polar surface area (TPSA) is 54.3 Å². The largest absolute Gasteiger partial charge is 0.347 e. The maximum atomic E-state index is 12.4. The van der Waals surface area contributed by atoms with Crippen LogP contribution in [-0.4, -0.2) is 22.9 Å². The monoisotopic (exact) mass is 361 g/mol. The van der Waals surface area contributed by atoms with Gasteiger partial charge in [0.1, 0.15) is 0 Å². The van der Waals surface area contributed by atoms with E-state index in [1.807, 2.05) is 48.4 Å². The molecular weight excluding hydrogens is 338 g/mol. The molecule has 2 heterocycles. The van der Waals surface area contributed by atoms with Gasteiger partial charge in [0, 0.05) is 49.0 Å². The van der Waals surface area contributed by atoms with Crippen molar-refractivity contribution in [1.82, 2.24) is 4.57 Å². The van der Waals surface area contributed by atoms with Crippen LogP contribution in [0, 0.1) is 6.92 Å². The lowest BCUT2D eigenvalue weighted by Gasteiger charge is -2.19. The van der Waals surface area contributed by atoms with Crippen molar-refractivity contribution >= 4 is 34.1 Å². The van der Waals surface area contributed by atoms with E-state index < -0.39 is 0 Å². The first-order chi connectivity index (χ1) is 13.1. The second kappa shape index (κ2) is 7.27. The Morgan fingerprint density at radius 2 is 2.00 bits per heavy atom. The summed E-state index contributed by atoms with van der Waals surface area (Å²) in [5.41, 5.74) is 3.85. The Hall–Kier alpha value is -3.08. The van der Waals surface area contributed by atoms with Gasteiger partial charge in [-0.05, 0) is 54.6 Å². The quantitative estimate of drug-likeness (QED) is 0.744. The number of aromatic nitrogens is 1. The second-order valence-electron chi connectivity index (χ2n) is 7.02. The molecule has 1 aliphatic heterocycles. The van der Waals surface area contributed by atoms with Crippen molar-refractivity contribution in [2.24, 2.45) is 0 Å². The fourth-order valence-corrected chi connectivity index (χ4v) is 3.72. The van der Waals surface area contributed by atoms with Gasteiger partial charge in [0.2, 0.25) is 11.8 Å². The van der Waals surface area contributed by atoms with Gasteiger partial charge in [0.05, 0.1) is 0 Å². The number of rotatable bonds is 5. The zero-order valence-corrected chi connectivity index (χ0v) is 15.4. The minimum Gasteiger partial charge on any atom is -0.347 e. The van der Waals surface area contributed by atoms with Crippen molar-refractivity contribution in [3.63, 3.8) is 0 Å². The molecule has 0 radical (unpaired) electrons. The number of para-hydroxylation sites is 1. The van der Waals surface area contributed by atoms with Crippen LogP contribution >= 0.6 is 0 Å². The van der Waals surface area contributed by atoms with E-state index in [0.717, 1.165) is 35.4 Å². The Morgan fingerprint density at radius 3 is 2.78 bits per heavy atom. The normalized spacial score (nSPS) is 14.1. The van der Waals surface area contributed by atoms with E-state index in [4.69, 9.17) is 0 Å². The summed E-state index contributed by atoms with van der Waals surface area (Å²) in [6.45, 7) is 3.39. The minimum absolute atomic E-state index is 0.0165. The van der Waals surface area contributed by atoms with Crippen molar-refractivity contribution in [2.75, 3.05) is 16.8 Å². The molecule has 0 saturated carbocycles. The highest BCUT2D eigenvalue weighted by Crippen LogP contribution is 2.27. The van der Waals surface area contributed by atoms with Crippen molar-refractivity contribution < 1.29 is 9.59 Å². The third-order valence-corrected chi connectivity index (χ3v) is 5.10. The van der Waals surface area contributed by atoms with E-state index in [0.29, 0.717) is 19.4 Å². The molecular formula is C22H23N3O2. The standard InChI is InChI=1S/C22H23N3O2/c1-16-15-18(8-9-19(16)25-12-4-7-22(25)27)23-21(26)11-14-24-13-10-17-5-2-3-6-20(17)24/h2-3,5-6,8-10,13,15H,4,7,11-12,14H2,1H3,(H,23,26). The fourth-order valence-electron chi connectivity index (χ4n) is 3.72. The number of carbonyl (C=O) groups is 2. The summed E-state index contributed by atoms with van der Waals surface area (Å²) in [6, 6.07) is 16.0. The molecule has 0 spiro atoms. The van der Waals surface area contributed by atoms with Crippen molar-refractivity contribution in [1.29, 1.82) is 0 Å². The zero-order chi connectivity index (χ0) is 18.8. The molecule has 0 unspecified atom stereocenters. The molecule has 4 rings (SSSR count). The van der Waals surface area contributed by atoms with Crippen LogP contribution in [0.2, 0.25) is 0 Å². The van der Waals surface area contributed by atoms with Crippen molar-refractivity contribution in [3.05, 3.63) is 60.3 Å². The average molecular weight is 361 g/mol. The highest BCUT2D eigenvalue weighted by atomic mass is 16.2. The Bertz CT molecular complexity index is 1010. The van der Waals surface area contributed by atoms with Crippen molar-refractivity contribution in [2.45, 2.75) is 32.7 Å². The molecule has 1 saturated heterocycles. The van der Waals surface area contributed by atoms with Crippen LogP contribution < -0.4 is 10.2 Å². The molecule has 1 N–H and O–H groups in total. The number of hydrogen-bond donors (Lipinski definition) is 1. The lowest BCUT2D eigenvalue weighted by Crippen LogP contribution is -2.24. The molecule has 5 nitrogen and oxygen atoms in total. The summed E-state index contributed by atoms with van der Waals surface area (Å²) in [7, 11) is 0. The van der Waals surface area contributed by atoms with Gasteiger partial charge in [-0.3, -0.25) is 9.59 Å². The fraction of sp³-hybridized carbons (Fsp3) is 0.273. The van der Waals surface area contributed by atoms with Gasteiger partial charge in [-0.15, -0.1) is 0 Å². The van der Waals surface area contributed by atoms with Gasteiger partial charge in [-0.25, -0.2) is 0 Å². The van der Waals surface area contributed by atoms with Crippen LogP contribution in [-0.2, 0) is 16.1 Å². The second-order valence-corrected chi connectivity index (χ2v) is 7.02. The van der Waals surface area contributed by atoms with Crippen LogP contribution in [0.4, 0.5) is 11.4 Å². The van der Waals surface area contributed by atoms with E-state index >= 15 is 0 Å². The highest BCUT2D eigenvalue weighted by molar-refractivity contribution is 5.97. The van der Waals surface area contributed by atoms with Gasteiger partial charge in [-0.2, -0.15) is 0 Å². The van der Waals surface area contributed by atoms with Crippen LogP contribution in [0.25, 0.3) is 10.9 Å². The van der Waals surface area contributed by atoms with Gasteiger partial charge in [0.25, 0.3) is 0 Å². The predicted molar refractivity (Wildman–Crippen MR) is 108 cm³/mol. The molecule has 3 aromatic rings. The molecule has 2 aromatic carbocycles. The Kier molecular flexibility index (Phi) is 4.67. The number of benzene rings is 2. The number of amides is 2. The summed E-state index contributed by atoms with van der Waals surface area (Å²) in [5.74, 6) is 0.158. The Balaban J connectivity index is 1.39. The molecule has 27 heavy (non-hydrogen) atoms. The van der Waals surface area contributed by atoms with Gasteiger partial charge < -0.3 is 14.8 Å². The lowest BCUT2D eigenvalue weighted by atomic mass is 10.1. The number of fused-ring (bicyclic) bond motifs is 1. The first-order valence-corrected chi connectivity index (χ1v) is 9.36. The molecule has 0 atom stereocenters. The number of anilines is 2. The van der Waals surface area contributed by atoms with Crippen molar-refractivity contribution in [3.8, 4) is 0 Å². The number of nitrogens with zero attached hydrogens (tertiary/aromatic N) is 2. The lowest BCUT2D eigenvalue weighted by molar-refractivity contribution is -0.117.